The van der Waals surface area contributed by atoms with Gasteiger partial charge < -0.3 is 9.47 Å². The van der Waals surface area contributed by atoms with Gasteiger partial charge in [0.05, 0.1) is 11.0 Å². The maximum absolute atomic E-state index is 2.53. The van der Waals surface area contributed by atoms with Crippen LogP contribution in [0.5, 0.6) is 0 Å². The van der Waals surface area contributed by atoms with E-state index < -0.39 is 0 Å². The number of fused-ring (bicyclic) bond motifs is 6. The van der Waals surface area contributed by atoms with Crippen molar-refractivity contribution in [3.63, 3.8) is 0 Å². The molecule has 0 radical (unpaired) electrons. The van der Waals surface area contributed by atoms with Gasteiger partial charge in [0.15, 0.2) is 0 Å². The van der Waals surface area contributed by atoms with Crippen LogP contribution < -0.4 is 4.90 Å². The number of nitrogens with zero attached hydrogens (tertiary/aromatic N) is 2. The van der Waals surface area contributed by atoms with E-state index in [0.29, 0.717) is 11.8 Å². The van der Waals surface area contributed by atoms with E-state index in [1.54, 1.807) is 0 Å². The lowest BCUT2D eigenvalue weighted by atomic mass is 9.63. The highest BCUT2D eigenvalue weighted by Gasteiger charge is 2.48. The highest BCUT2D eigenvalue weighted by Crippen LogP contribution is 2.58. The summed E-state index contributed by atoms with van der Waals surface area (Å²) in [4.78, 5) is 2.48. The molecule has 332 valence electrons. The Morgan fingerprint density at radius 3 is 1.38 bits per heavy atom. The fourth-order valence-corrected chi connectivity index (χ4v) is 12.0. The van der Waals surface area contributed by atoms with Gasteiger partial charge in [-0.2, -0.15) is 0 Å². The molecule has 1 aliphatic rings. The molecule has 0 saturated carbocycles. The molecule has 1 heterocycles. The summed E-state index contributed by atoms with van der Waals surface area (Å²) in [5.41, 5.74) is 21.8. The van der Waals surface area contributed by atoms with E-state index in [0.717, 1.165) is 17.1 Å². The van der Waals surface area contributed by atoms with Crippen LogP contribution in [0.1, 0.15) is 38.8 Å². The minimum Gasteiger partial charge on any atom is -0.310 e. The van der Waals surface area contributed by atoms with Crippen molar-refractivity contribution in [3.05, 3.63) is 254 Å². The molecule has 0 bridgehead atoms. The molecule has 12 rings (SSSR count). The molecule has 0 spiro atoms. The van der Waals surface area contributed by atoms with Crippen molar-refractivity contribution >= 4 is 38.9 Å². The number of aromatic nitrogens is 1. The Hall–Kier alpha value is -8.20. The first-order chi connectivity index (χ1) is 33.9. The first kappa shape index (κ1) is 42.2. The Labute approximate surface area is 406 Å². The predicted octanol–water partition coefficient (Wildman–Crippen LogP) is 18.5. The fraction of sp³-hybridized carbons (Fsp3) is 0.104. The van der Waals surface area contributed by atoms with Gasteiger partial charge in [-0.3, -0.25) is 0 Å². The Morgan fingerprint density at radius 1 is 0.319 bits per heavy atom. The fourth-order valence-electron chi connectivity index (χ4n) is 12.0. The van der Waals surface area contributed by atoms with E-state index >= 15 is 0 Å². The summed E-state index contributed by atoms with van der Waals surface area (Å²) in [5.74, 6) is 0.625. The van der Waals surface area contributed by atoms with E-state index in [-0.39, 0.29) is 5.41 Å². The largest absolute Gasteiger partial charge is 0.310 e. The number of hydrogen-bond donors (Lipinski definition) is 0. The molecule has 0 aliphatic heterocycles. The zero-order valence-electron chi connectivity index (χ0n) is 39.6. The molecule has 0 N–H and O–H groups in total. The SMILES string of the molecule is CC(C)C1(C(C)C)c2cc(N(c3cccc(-c4cccc(-c5ccccc5)c4)c3)c3cccc(-c4ccccc4-c4ccccc4)c3)ccc2-c2ccc(-n3c4ccccc4c4ccccc43)cc21. The van der Waals surface area contributed by atoms with Crippen LogP contribution in [0.25, 0.3) is 83.1 Å². The number of rotatable bonds is 10. The van der Waals surface area contributed by atoms with E-state index in [4.69, 9.17) is 0 Å². The van der Waals surface area contributed by atoms with Gasteiger partial charge in [0.25, 0.3) is 0 Å². The second-order valence-electron chi connectivity index (χ2n) is 19.3. The van der Waals surface area contributed by atoms with Gasteiger partial charge in [0.1, 0.15) is 0 Å². The number of anilines is 3. The Balaban J connectivity index is 1.04. The summed E-state index contributed by atoms with van der Waals surface area (Å²) < 4.78 is 2.47. The lowest BCUT2D eigenvalue weighted by Gasteiger charge is -2.41. The van der Waals surface area contributed by atoms with E-state index in [2.05, 4.69) is 280 Å². The number of hydrogen-bond acceptors (Lipinski definition) is 1. The molecule has 1 aliphatic carbocycles. The summed E-state index contributed by atoms with van der Waals surface area (Å²) in [6.07, 6.45) is 0. The third-order valence-electron chi connectivity index (χ3n) is 14.9. The van der Waals surface area contributed by atoms with Gasteiger partial charge >= 0.3 is 0 Å². The highest BCUT2D eigenvalue weighted by molar-refractivity contribution is 6.09. The van der Waals surface area contributed by atoms with Crippen LogP contribution in [0.3, 0.4) is 0 Å². The molecule has 10 aromatic carbocycles. The maximum Gasteiger partial charge on any atom is 0.0541 e. The summed E-state index contributed by atoms with van der Waals surface area (Å²) in [7, 11) is 0. The van der Waals surface area contributed by atoms with Crippen molar-refractivity contribution in [2.24, 2.45) is 11.8 Å². The van der Waals surface area contributed by atoms with Gasteiger partial charge in [0, 0.05) is 38.9 Å². The monoisotopic (exact) mass is 886 g/mol. The van der Waals surface area contributed by atoms with Gasteiger partial charge in [-0.05, 0) is 145 Å². The van der Waals surface area contributed by atoms with Gasteiger partial charge in [-0.15, -0.1) is 0 Å². The smallest absolute Gasteiger partial charge is 0.0541 e. The Bertz CT molecular complexity index is 3630. The number of benzene rings is 10. The molecule has 11 aromatic rings. The summed E-state index contributed by atoms with van der Waals surface area (Å²) >= 11 is 0. The van der Waals surface area contributed by atoms with E-state index in [1.807, 2.05) is 0 Å². The summed E-state index contributed by atoms with van der Waals surface area (Å²) in [6, 6.07) is 89.6. The van der Waals surface area contributed by atoms with Crippen molar-refractivity contribution in [2.75, 3.05) is 4.90 Å². The van der Waals surface area contributed by atoms with Crippen LogP contribution in [0.15, 0.2) is 243 Å². The highest BCUT2D eigenvalue weighted by atomic mass is 15.1. The van der Waals surface area contributed by atoms with Crippen LogP contribution in [-0.2, 0) is 5.41 Å². The zero-order valence-corrected chi connectivity index (χ0v) is 39.6. The third-order valence-corrected chi connectivity index (χ3v) is 14.9. The quantitative estimate of drug-likeness (QED) is 0.133. The minimum atomic E-state index is -0.253. The van der Waals surface area contributed by atoms with Crippen LogP contribution in [0.2, 0.25) is 0 Å². The summed E-state index contributed by atoms with van der Waals surface area (Å²) in [5, 5.41) is 2.56. The van der Waals surface area contributed by atoms with E-state index in [1.165, 1.54) is 94.3 Å². The molecule has 69 heavy (non-hydrogen) atoms. The average Bonchev–Trinajstić information content (AvgIpc) is 3.90. The zero-order chi connectivity index (χ0) is 46.6. The van der Waals surface area contributed by atoms with Crippen molar-refractivity contribution in [1.82, 2.24) is 4.57 Å². The second kappa shape index (κ2) is 17.1. The second-order valence-corrected chi connectivity index (χ2v) is 19.3. The lowest BCUT2D eigenvalue weighted by Crippen LogP contribution is -2.37. The predicted molar refractivity (Wildman–Crippen MR) is 293 cm³/mol. The van der Waals surface area contributed by atoms with Crippen LogP contribution in [-0.4, -0.2) is 4.57 Å². The molecular formula is C67H54N2. The topological polar surface area (TPSA) is 8.17 Å². The normalized spacial score (nSPS) is 12.7. The molecule has 0 saturated heterocycles. The molecule has 0 unspecified atom stereocenters. The Kier molecular flexibility index (Phi) is 10.5. The molecule has 0 amide bonds. The molecule has 0 fully saturated rings. The third kappa shape index (κ3) is 7.01. The van der Waals surface area contributed by atoms with Crippen LogP contribution in [0, 0.1) is 11.8 Å². The van der Waals surface area contributed by atoms with Crippen molar-refractivity contribution in [2.45, 2.75) is 33.1 Å². The lowest BCUT2D eigenvalue weighted by molar-refractivity contribution is 0.280. The van der Waals surface area contributed by atoms with Gasteiger partial charge in [-0.1, -0.05) is 204 Å². The van der Waals surface area contributed by atoms with E-state index in [9.17, 15) is 0 Å². The Morgan fingerprint density at radius 2 is 0.754 bits per heavy atom. The first-order valence-corrected chi connectivity index (χ1v) is 24.5. The van der Waals surface area contributed by atoms with Crippen molar-refractivity contribution in [1.29, 1.82) is 0 Å². The van der Waals surface area contributed by atoms with Crippen molar-refractivity contribution < 1.29 is 0 Å². The maximum atomic E-state index is 2.53. The standard InChI is InChI=1S/C67H54N2/c1-45(2)67(46(3)4)63-43-55(36-38-59(63)60-39-37-56(44-64(60)67)69-65-34-15-13-32-61(65)62-33-14-16-35-66(62)69)68(53-28-18-26-51(41-53)50-25-17-24-49(40-50)47-20-7-5-8-21-47)54-29-19-27-52(42-54)58-31-12-11-30-57(58)48-22-9-6-10-23-48/h5-46H,1-4H3. The average molecular weight is 887 g/mol. The molecular weight excluding hydrogens is 833 g/mol. The number of para-hydroxylation sites is 2. The van der Waals surface area contributed by atoms with Gasteiger partial charge in [-0.25, -0.2) is 0 Å². The molecule has 1 aromatic heterocycles. The van der Waals surface area contributed by atoms with Crippen LogP contribution in [0.4, 0.5) is 17.1 Å². The molecule has 2 heteroatoms. The van der Waals surface area contributed by atoms with Crippen LogP contribution >= 0.6 is 0 Å². The van der Waals surface area contributed by atoms with Gasteiger partial charge in [0.2, 0.25) is 0 Å². The first-order valence-electron chi connectivity index (χ1n) is 24.5. The molecule has 2 nitrogen and oxygen atoms in total. The minimum absolute atomic E-state index is 0.253. The molecule has 0 atom stereocenters. The van der Waals surface area contributed by atoms with Crippen molar-refractivity contribution in [3.8, 4) is 61.3 Å². The summed E-state index contributed by atoms with van der Waals surface area (Å²) in [6.45, 7) is 9.71.